The van der Waals surface area contributed by atoms with Gasteiger partial charge in [-0.1, -0.05) is 31.9 Å². The summed E-state index contributed by atoms with van der Waals surface area (Å²) in [5.41, 5.74) is 1.21. The van der Waals surface area contributed by atoms with Gasteiger partial charge in [0.1, 0.15) is 5.75 Å². The largest absolute Gasteiger partial charge is 0.382 e. The molecule has 1 saturated carbocycles. The van der Waals surface area contributed by atoms with E-state index in [1.54, 1.807) is 6.07 Å². The van der Waals surface area contributed by atoms with Crippen molar-refractivity contribution in [3.8, 4) is 5.75 Å². The van der Waals surface area contributed by atoms with Gasteiger partial charge in [-0.2, -0.15) is 8.42 Å². The summed E-state index contributed by atoms with van der Waals surface area (Å²) in [6.45, 7) is 1.83. The highest BCUT2D eigenvalue weighted by atomic mass is 32.2. The summed E-state index contributed by atoms with van der Waals surface area (Å²) in [6.07, 6.45) is 5.51. The summed E-state index contributed by atoms with van der Waals surface area (Å²) >= 11 is 0. The minimum atomic E-state index is -3.42. The molecule has 18 heavy (non-hydrogen) atoms. The molecule has 1 aliphatic carbocycles. The Morgan fingerprint density at radius 2 is 2.00 bits per heavy atom. The molecule has 0 heterocycles. The van der Waals surface area contributed by atoms with Gasteiger partial charge in [0.15, 0.2) is 0 Å². The van der Waals surface area contributed by atoms with Crippen LogP contribution in [0, 0.1) is 0 Å². The van der Waals surface area contributed by atoms with Crippen molar-refractivity contribution < 1.29 is 12.6 Å². The zero-order valence-electron chi connectivity index (χ0n) is 10.8. The lowest BCUT2D eigenvalue weighted by Gasteiger charge is -2.11. The molecule has 100 valence electrons. The summed E-state index contributed by atoms with van der Waals surface area (Å²) in [4.78, 5) is 0. The SMILES string of the molecule is CCCS(=O)(=O)Oc1cccc(C2CCCC2)c1. The fourth-order valence-corrected chi connectivity index (χ4v) is 3.50. The first-order chi connectivity index (χ1) is 8.61. The molecule has 0 saturated heterocycles. The van der Waals surface area contributed by atoms with E-state index in [1.165, 1.54) is 31.2 Å². The molecule has 2 rings (SSSR count). The van der Waals surface area contributed by atoms with Crippen molar-refractivity contribution in [1.29, 1.82) is 0 Å². The molecule has 0 unspecified atom stereocenters. The summed E-state index contributed by atoms with van der Waals surface area (Å²) in [6, 6.07) is 7.54. The molecule has 0 atom stereocenters. The molecule has 0 amide bonds. The Balaban J connectivity index is 2.12. The normalized spacial score (nSPS) is 16.9. The van der Waals surface area contributed by atoms with Gasteiger partial charge in [-0.05, 0) is 42.9 Å². The first-order valence-corrected chi connectivity index (χ1v) is 8.20. The molecular formula is C14H20O3S. The van der Waals surface area contributed by atoms with Crippen LogP contribution in [0.4, 0.5) is 0 Å². The summed E-state index contributed by atoms with van der Waals surface area (Å²) < 4.78 is 28.3. The molecule has 1 fully saturated rings. The van der Waals surface area contributed by atoms with Gasteiger partial charge < -0.3 is 4.18 Å². The Morgan fingerprint density at radius 3 is 2.67 bits per heavy atom. The van der Waals surface area contributed by atoms with Crippen LogP contribution in [0.15, 0.2) is 24.3 Å². The predicted molar refractivity (Wildman–Crippen MR) is 72.4 cm³/mol. The Kier molecular flexibility index (Phi) is 4.27. The number of hydrogen-bond donors (Lipinski definition) is 0. The highest BCUT2D eigenvalue weighted by Gasteiger charge is 2.18. The molecule has 0 radical (unpaired) electrons. The maximum absolute atomic E-state index is 11.6. The van der Waals surface area contributed by atoms with Crippen LogP contribution in [0.5, 0.6) is 5.75 Å². The van der Waals surface area contributed by atoms with Gasteiger partial charge in [0.2, 0.25) is 0 Å². The van der Waals surface area contributed by atoms with Crippen molar-refractivity contribution in [1.82, 2.24) is 0 Å². The van der Waals surface area contributed by atoms with Gasteiger partial charge in [0.25, 0.3) is 0 Å². The lowest BCUT2D eigenvalue weighted by atomic mass is 9.98. The second-order valence-corrected chi connectivity index (χ2v) is 6.59. The smallest absolute Gasteiger partial charge is 0.309 e. The number of rotatable bonds is 5. The van der Waals surface area contributed by atoms with E-state index < -0.39 is 10.1 Å². The average molecular weight is 268 g/mol. The van der Waals surface area contributed by atoms with E-state index in [4.69, 9.17) is 4.18 Å². The summed E-state index contributed by atoms with van der Waals surface area (Å²) in [7, 11) is -3.42. The highest BCUT2D eigenvalue weighted by molar-refractivity contribution is 7.87. The van der Waals surface area contributed by atoms with E-state index >= 15 is 0 Å². The summed E-state index contributed by atoms with van der Waals surface area (Å²) in [5, 5.41) is 0. The fraction of sp³-hybridized carbons (Fsp3) is 0.571. The molecule has 0 bridgehead atoms. The average Bonchev–Trinajstić information content (AvgIpc) is 2.81. The van der Waals surface area contributed by atoms with Crippen molar-refractivity contribution in [2.75, 3.05) is 5.75 Å². The van der Waals surface area contributed by atoms with Crippen LogP contribution in [-0.4, -0.2) is 14.2 Å². The van der Waals surface area contributed by atoms with E-state index in [0.29, 0.717) is 18.1 Å². The van der Waals surface area contributed by atoms with Crippen molar-refractivity contribution in [3.63, 3.8) is 0 Å². The molecule has 0 aromatic heterocycles. The topological polar surface area (TPSA) is 43.4 Å². The first kappa shape index (κ1) is 13.4. The maximum atomic E-state index is 11.6. The fourth-order valence-electron chi connectivity index (χ4n) is 2.52. The molecule has 0 aliphatic heterocycles. The van der Waals surface area contributed by atoms with Crippen molar-refractivity contribution in [3.05, 3.63) is 29.8 Å². The third-order valence-electron chi connectivity index (χ3n) is 3.36. The van der Waals surface area contributed by atoms with Gasteiger partial charge in [0.05, 0.1) is 5.75 Å². The maximum Gasteiger partial charge on any atom is 0.309 e. The van der Waals surface area contributed by atoms with Gasteiger partial charge in [-0.25, -0.2) is 0 Å². The van der Waals surface area contributed by atoms with E-state index in [0.717, 1.165) is 0 Å². The zero-order chi connectivity index (χ0) is 13.0. The third-order valence-corrected chi connectivity index (χ3v) is 4.72. The van der Waals surface area contributed by atoms with Gasteiger partial charge in [-0.3, -0.25) is 0 Å². The van der Waals surface area contributed by atoms with Crippen LogP contribution in [0.1, 0.15) is 50.5 Å². The van der Waals surface area contributed by atoms with Crippen molar-refractivity contribution >= 4 is 10.1 Å². The van der Waals surface area contributed by atoms with E-state index in [9.17, 15) is 8.42 Å². The van der Waals surface area contributed by atoms with Gasteiger partial charge >= 0.3 is 10.1 Å². The van der Waals surface area contributed by atoms with Crippen LogP contribution in [0.25, 0.3) is 0 Å². The molecule has 0 N–H and O–H groups in total. The highest BCUT2D eigenvalue weighted by Crippen LogP contribution is 2.35. The molecule has 0 spiro atoms. The lowest BCUT2D eigenvalue weighted by Crippen LogP contribution is -2.13. The van der Waals surface area contributed by atoms with Crippen LogP contribution in [0.3, 0.4) is 0 Å². The Hall–Kier alpha value is -1.03. The van der Waals surface area contributed by atoms with Crippen LogP contribution >= 0.6 is 0 Å². The monoisotopic (exact) mass is 268 g/mol. The molecule has 1 aromatic carbocycles. The van der Waals surface area contributed by atoms with Gasteiger partial charge in [-0.15, -0.1) is 0 Å². The molecule has 4 heteroatoms. The summed E-state index contributed by atoms with van der Waals surface area (Å²) in [5.74, 6) is 1.09. The minimum Gasteiger partial charge on any atom is -0.382 e. The Morgan fingerprint density at radius 1 is 1.28 bits per heavy atom. The Labute approximate surface area is 109 Å². The quantitative estimate of drug-likeness (QED) is 0.768. The van der Waals surface area contributed by atoms with Crippen LogP contribution in [-0.2, 0) is 10.1 Å². The molecular weight excluding hydrogens is 248 g/mol. The molecule has 1 aliphatic rings. The van der Waals surface area contributed by atoms with Crippen LogP contribution in [0.2, 0.25) is 0 Å². The second kappa shape index (κ2) is 5.74. The third kappa shape index (κ3) is 3.48. The second-order valence-electron chi connectivity index (χ2n) is 4.90. The van der Waals surface area contributed by atoms with Crippen molar-refractivity contribution in [2.24, 2.45) is 0 Å². The van der Waals surface area contributed by atoms with Crippen LogP contribution < -0.4 is 4.18 Å². The number of benzene rings is 1. The molecule has 1 aromatic rings. The standard InChI is InChI=1S/C14H20O3S/c1-2-10-18(15,16)17-14-9-5-8-13(11-14)12-6-3-4-7-12/h5,8-9,11-12H,2-4,6-7,10H2,1H3. The van der Waals surface area contributed by atoms with E-state index in [1.807, 2.05) is 19.1 Å². The van der Waals surface area contributed by atoms with Crippen molar-refractivity contribution in [2.45, 2.75) is 44.9 Å². The molecule has 3 nitrogen and oxygen atoms in total. The first-order valence-electron chi connectivity index (χ1n) is 6.63. The lowest BCUT2D eigenvalue weighted by molar-refractivity contribution is 0.484. The van der Waals surface area contributed by atoms with Gasteiger partial charge in [0, 0.05) is 0 Å². The Bertz CT molecular complexity index is 488. The van der Waals surface area contributed by atoms with E-state index in [-0.39, 0.29) is 5.75 Å². The minimum absolute atomic E-state index is 0.0701. The predicted octanol–water partition coefficient (Wildman–Crippen LogP) is 3.46. The van der Waals surface area contributed by atoms with E-state index in [2.05, 4.69) is 6.07 Å². The zero-order valence-corrected chi connectivity index (χ0v) is 11.6. The number of hydrogen-bond acceptors (Lipinski definition) is 3.